The van der Waals surface area contributed by atoms with Gasteiger partial charge in [-0.1, -0.05) is 6.07 Å². The van der Waals surface area contributed by atoms with Crippen molar-refractivity contribution in [2.45, 2.75) is 6.18 Å². The quantitative estimate of drug-likeness (QED) is 0.507. The van der Waals surface area contributed by atoms with Crippen LogP contribution in [0.5, 0.6) is 5.75 Å². The van der Waals surface area contributed by atoms with E-state index in [1.165, 1.54) is 17.9 Å². The van der Waals surface area contributed by atoms with Crippen LogP contribution in [0.4, 0.5) is 18.9 Å². The summed E-state index contributed by atoms with van der Waals surface area (Å²) in [5.74, 6) is -3.28. The molecule has 10 heteroatoms. The number of halogens is 3. The Hall–Kier alpha value is -3.87. The molecule has 1 N–H and O–H groups in total. The smallest absolute Gasteiger partial charge is 0.416 e. The third-order valence-corrected chi connectivity index (χ3v) is 4.40. The molecule has 0 spiro atoms. The fourth-order valence-electron chi connectivity index (χ4n) is 2.91. The highest BCUT2D eigenvalue weighted by molar-refractivity contribution is 6.18. The average Bonchev–Trinajstić information content (AvgIpc) is 3.04. The van der Waals surface area contributed by atoms with Gasteiger partial charge >= 0.3 is 6.18 Å². The van der Waals surface area contributed by atoms with E-state index >= 15 is 0 Å². The van der Waals surface area contributed by atoms with E-state index in [2.05, 4.69) is 10.4 Å². The largest absolute Gasteiger partial charge is 0.497 e. The van der Waals surface area contributed by atoms with Gasteiger partial charge in [0.05, 0.1) is 24.3 Å². The highest BCUT2D eigenvalue weighted by Gasteiger charge is 2.33. The average molecular weight is 416 g/mol. The van der Waals surface area contributed by atoms with Gasteiger partial charge in [0.15, 0.2) is 5.92 Å². The molecule has 0 saturated heterocycles. The summed E-state index contributed by atoms with van der Waals surface area (Å²) in [5, 5.41) is 16.1. The Balaban J connectivity index is 1.91. The Morgan fingerprint density at radius 1 is 1.23 bits per heavy atom. The Labute approximate surface area is 168 Å². The number of methoxy groups -OCH3 is 1. The number of hydrogen-bond acceptors (Lipinski definition) is 5. The molecule has 0 bridgehead atoms. The predicted octanol–water partition coefficient (Wildman–Crippen LogP) is 3.56. The van der Waals surface area contributed by atoms with Gasteiger partial charge in [-0.3, -0.25) is 14.3 Å². The molecule has 0 fully saturated rings. The second-order valence-corrected chi connectivity index (χ2v) is 6.35. The molecule has 0 aliphatic rings. The molecule has 1 unspecified atom stereocenters. The number of benzene rings is 2. The van der Waals surface area contributed by atoms with Crippen LogP contribution in [0.15, 0.2) is 42.5 Å². The Bertz CT molecular complexity index is 1180. The summed E-state index contributed by atoms with van der Waals surface area (Å²) in [6, 6.07) is 10.4. The zero-order valence-electron chi connectivity index (χ0n) is 15.8. The molecule has 30 heavy (non-hydrogen) atoms. The standard InChI is InChI=1S/C20H15F3N4O3/c1-27-16-7-6-13(30-2)9-14(16)17(26-27)18(28)15(10-24)19(29)25-12-5-3-4-11(8-12)20(21,22)23/h3-9,15H,1-2H3,(H,25,29). The Kier molecular flexibility index (Phi) is 5.47. The number of aromatic nitrogens is 2. The van der Waals surface area contributed by atoms with Crippen LogP contribution in [-0.4, -0.2) is 28.6 Å². The van der Waals surface area contributed by atoms with Gasteiger partial charge in [-0.2, -0.15) is 23.5 Å². The minimum Gasteiger partial charge on any atom is -0.497 e. The van der Waals surface area contributed by atoms with Crippen molar-refractivity contribution < 1.29 is 27.5 Å². The number of ether oxygens (including phenoxy) is 1. The highest BCUT2D eigenvalue weighted by Crippen LogP contribution is 2.31. The predicted molar refractivity (Wildman–Crippen MR) is 101 cm³/mol. The monoisotopic (exact) mass is 416 g/mol. The number of nitriles is 1. The van der Waals surface area contributed by atoms with Crippen molar-refractivity contribution in [3.8, 4) is 11.8 Å². The number of Topliss-reactive ketones (excluding diaryl/α,β-unsaturated/α-hetero) is 1. The highest BCUT2D eigenvalue weighted by atomic mass is 19.4. The molecule has 0 saturated carbocycles. The molecule has 0 radical (unpaired) electrons. The maximum absolute atomic E-state index is 12.9. The number of nitrogens with zero attached hydrogens (tertiary/aromatic N) is 3. The number of amides is 1. The van der Waals surface area contributed by atoms with Crippen molar-refractivity contribution >= 4 is 28.3 Å². The first-order valence-electron chi connectivity index (χ1n) is 8.58. The summed E-state index contributed by atoms with van der Waals surface area (Å²) < 4.78 is 45.1. The lowest BCUT2D eigenvalue weighted by molar-refractivity contribution is -0.137. The van der Waals surface area contributed by atoms with Crippen LogP contribution in [-0.2, 0) is 18.0 Å². The van der Waals surface area contributed by atoms with E-state index in [1.54, 1.807) is 31.3 Å². The zero-order chi connectivity index (χ0) is 22.1. The molecule has 2 aromatic carbocycles. The first-order chi connectivity index (χ1) is 14.2. The number of rotatable bonds is 5. The van der Waals surface area contributed by atoms with Crippen LogP contribution in [0.2, 0.25) is 0 Å². The van der Waals surface area contributed by atoms with E-state index in [0.29, 0.717) is 16.7 Å². The zero-order valence-corrected chi connectivity index (χ0v) is 15.8. The van der Waals surface area contributed by atoms with Gasteiger partial charge in [0, 0.05) is 18.1 Å². The molecule has 7 nitrogen and oxygen atoms in total. The molecule has 1 heterocycles. The number of carbonyl (C=O) groups is 2. The van der Waals surface area contributed by atoms with Crippen LogP contribution >= 0.6 is 0 Å². The lowest BCUT2D eigenvalue weighted by Gasteiger charge is -2.11. The van der Waals surface area contributed by atoms with Crippen LogP contribution in [0.3, 0.4) is 0 Å². The third-order valence-electron chi connectivity index (χ3n) is 4.40. The van der Waals surface area contributed by atoms with Crippen LogP contribution < -0.4 is 10.1 Å². The van der Waals surface area contributed by atoms with Crippen molar-refractivity contribution in [1.29, 1.82) is 5.26 Å². The molecule has 1 amide bonds. The summed E-state index contributed by atoms with van der Waals surface area (Å²) in [5.41, 5.74) is -0.690. The van der Waals surface area contributed by atoms with Gasteiger partial charge in [0.1, 0.15) is 11.4 Å². The first kappa shape index (κ1) is 20.9. The number of hydrogen-bond donors (Lipinski definition) is 1. The van der Waals surface area contributed by atoms with Crippen molar-refractivity contribution in [2.24, 2.45) is 13.0 Å². The maximum Gasteiger partial charge on any atom is 0.416 e. The van der Waals surface area contributed by atoms with Crippen LogP contribution in [0.25, 0.3) is 10.9 Å². The van der Waals surface area contributed by atoms with Gasteiger partial charge < -0.3 is 10.1 Å². The van der Waals surface area contributed by atoms with E-state index in [0.717, 1.165) is 18.2 Å². The second kappa shape index (κ2) is 7.87. The summed E-state index contributed by atoms with van der Waals surface area (Å²) in [4.78, 5) is 25.4. The molecule has 3 aromatic rings. The second-order valence-electron chi connectivity index (χ2n) is 6.35. The van der Waals surface area contributed by atoms with Gasteiger partial charge in [-0.15, -0.1) is 0 Å². The molecule has 1 aromatic heterocycles. The number of nitrogens with one attached hydrogen (secondary N) is 1. The van der Waals surface area contributed by atoms with Crippen LogP contribution in [0.1, 0.15) is 16.1 Å². The molecule has 1 atom stereocenters. The van der Waals surface area contributed by atoms with Gasteiger partial charge in [-0.25, -0.2) is 0 Å². The molecule has 0 aliphatic heterocycles. The topological polar surface area (TPSA) is 97.0 Å². The normalized spacial score (nSPS) is 12.3. The summed E-state index contributed by atoms with van der Waals surface area (Å²) in [6.07, 6.45) is -4.60. The molecule has 3 rings (SSSR count). The van der Waals surface area contributed by atoms with Gasteiger partial charge in [0.25, 0.3) is 0 Å². The van der Waals surface area contributed by atoms with E-state index in [4.69, 9.17) is 4.74 Å². The fraction of sp³-hybridized carbons (Fsp3) is 0.200. The minimum absolute atomic E-state index is 0.114. The van der Waals surface area contributed by atoms with Crippen molar-refractivity contribution in [2.75, 3.05) is 12.4 Å². The van der Waals surface area contributed by atoms with Crippen molar-refractivity contribution in [3.05, 3.63) is 53.7 Å². The lowest BCUT2D eigenvalue weighted by Crippen LogP contribution is -2.29. The Morgan fingerprint density at radius 2 is 1.97 bits per heavy atom. The van der Waals surface area contributed by atoms with Gasteiger partial charge in [0.2, 0.25) is 11.7 Å². The summed E-state index contributed by atoms with van der Waals surface area (Å²) >= 11 is 0. The third kappa shape index (κ3) is 3.96. The number of alkyl halides is 3. The fourth-order valence-corrected chi connectivity index (χ4v) is 2.91. The lowest BCUT2D eigenvalue weighted by atomic mass is 9.99. The number of ketones is 1. The van der Waals surface area contributed by atoms with E-state index in [9.17, 15) is 28.0 Å². The number of fused-ring (bicyclic) bond motifs is 1. The molecular weight excluding hydrogens is 401 g/mol. The Morgan fingerprint density at radius 3 is 2.60 bits per heavy atom. The van der Waals surface area contributed by atoms with Gasteiger partial charge in [-0.05, 0) is 36.4 Å². The number of anilines is 1. The number of carbonyl (C=O) groups excluding carboxylic acids is 2. The minimum atomic E-state index is -4.60. The van der Waals surface area contributed by atoms with E-state index < -0.39 is 29.3 Å². The number of aryl methyl sites for hydroxylation is 1. The van der Waals surface area contributed by atoms with Crippen molar-refractivity contribution in [3.63, 3.8) is 0 Å². The SMILES string of the molecule is COc1ccc2c(c1)c(C(=O)C(C#N)C(=O)Nc1cccc(C(F)(F)F)c1)nn2C. The maximum atomic E-state index is 12.9. The summed E-state index contributed by atoms with van der Waals surface area (Å²) in [6.45, 7) is 0. The van der Waals surface area contributed by atoms with Crippen molar-refractivity contribution in [1.82, 2.24) is 9.78 Å². The molecule has 0 aliphatic carbocycles. The van der Waals surface area contributed by atoms with Crippen LogP contribution in [0, 0.1) is 17.2 Å². The van der Waals surface area contributed by atoms with E-state index in [-0.39, 0.29) is 11.4 Å². The summed E-state index contributed by atoms with van der Waals surface area (Å²) in [7, 11) is 3.04. The van der Waals surface area contributed by atoms with E-state index in [1.807, 2.05) is 0 Å². The molecule has 154 valence electrons. The molecular formula is C20H15F3N4O3. The first-order valence-corrected chi connectivity index (χ1v) is 8.58.